The van der Waals surface area contributed by atoms with Gasteiger partial charge in [-0.25, -0.2) is 0 Å². The van der Waals surface area contributed by atoms with Crippen LogP contribution in [0.25, 0.3) is 6.08 Å². The first-order valence-corrected chi connectivity index (χ1v) is 7.48. The molecule has 0 saturated carbocycles. The summed E-state index contributed by atoms with van der Waals surface area (Å²) in [6.45, 7) is 1.96. The minimum atomic E-state index is -0.974. The van der Waals surface area contributed by atoms with Gasteiger partial charge in [0.1, 0.15) is 11.8 Å². The van der Waals surface area contributed by atoms with Crippen LogP contribution in [0.3, 0.4) is 0 Å². The first kappa shape index (κ1) is 14.7. The molecule has 2 atom stereocenters. The number of fused-ring (bicyclic) bond motifs is 1. The van der Waals surface area contributed by atoms with Gasteiger partial charge in [0, 0.05) is 5.56 Å². The third-order valence-corrected chi connectivity index (χ3v) is 4.06. The quantitative estimate of drug-likeness (QED) is 0.878. The molecule has 112 valence electrons. The van der Waals surface area contributed by atoms with Crippen molar-refractivity contribution in [2.24, 2.45) is 5.73 Å². The number of carbonyl (C=O) groups is 1. The third kappa shape index (κ3) is 2.61. The van der Waals surface area contributed by atoms with Crippen molar-refractivity contribution in [3.8, 4) is 0 Å². The smallest absolute Gasteiger partial charge is 0.196 e. The van der Waals surface area contributed by atoms with E-state index in [1.807, 2.05) is 67.6 Å². The number of hydrogen-bond acceptors (Lipinski definition) is 3. The van der Waals surface area contributed by atoms with Gasteiger partial charge in [0.05, 0.1) is 0 Å². The summed E-state index contributed by atoms with van der Waals surface area (Å²) in [5, 5.41) is 0. The van der Waals surface area contributed by atoms with Crippen LogP contribution in [0.5, 0.6) is 0 Å². The van der Waals surface area contributed by atoms with Crippen molar-refractivity contribution in [2.75, 3.05) is 0 Å². The summed E-state index contributed by atoms with van der Waals surface area (Å²) in [5.74, 6) is -0.0442. The number of ether oxygens (including phenoxy) is 1. The molecule has 2 unspecified atom stereocenters. The molecule has 22 heavy (non-hydrogen) atoms. The molecule has 0 heterocycles. The van der Waals surface area contributed by atoms with Crippen LogP contribution in [0.2, 0.25) is 0 Å². The van der Waals surface area contributed by atoms with Crippen LogP contribution in [0.1, 0.15) is 34.8 Å². The molecule has 0 amide bonds. The number of hydrogen-bond donors (Lipinski definition) is 1. The summed E-state index contributed by atoms with van der Waals surface area (Å²) in [4.78, 5) is 12.6. The zero-order valence-electron chi connectivity index (χ0n) is 12.5. The molecule has 0 spiro atoms. The molecule has 0 saturated heterocycles. The van der Waals surface area contributed by atoms with Crippen molar-refractivity contribution >= 4 is 11.9 Å². The van der Waals surface area contributed by atoms with Gasteiger partial charge in [-0.3, -0.25) is 10.5 Å². The predicted octanol–water partition coefficient (Wildman–Crippen LogP) is 3.50. The summed E-state index contributed by atoms with van der Waals surface area (Å²) in [5.41, 5.74) is 7.93. The predicted molar refractivity (Wildman–Crippen MR) is 87.3 cm³/mol. The largest absolute Gasteiger partial charge is 0.341 e. The molecule has 3 nitrogen and oxygen atoms in total. The van der Waals surface area contributed by atoms with Gasteiger partial charge in [-0.15, -0.1) is 0 Å². The molecule has 1 aliphatic carbocycles. The lowest BCUT2D eigenvalue weighted by atomic mass is 9.93. The molecule has 0 bridgehead atoms. The van der Waals surface area contributed by atoms with Crippen molar-refractivity contribution < 1.29 is 9.53 Å². The lowest BCUT2D eigenvalue weighted by molar-refractivity contribution is -0.0674. The van der Waals surface area contributed by atoms with Gasteiger partial charge in [-0.2, -0.15) is 0 Å². The molecule has 3 rings (SSSR count). The Labute approximate surface area is 130 Å². The van der Waals surface area contributed by atoms with E-state index in [1.54, 1.807) is 6.08 Å². The Balaban J connectivity index is 1.89. The van der Waals surface area contributed by atoms with E-state index in [4.69, 9.17) is 10.5 Å². The molecular weight excluding hydrogens is 274 g/mol. The second kappa shape index (κ2) is 5.87. The van der Waals surface area contributed by atoms with E-state index >= 15 is 0 Å². The molecule has 2 N–H and O–H groups in total. The number of benzene rings is 2. The summed E-state index contributed by atoms with van der Waals surface area (Å²) in [6.07, 6.45) is 3.63. The molecular formula is C19H19NO2. The molecule has 0 aromatic heterocycles. The van der Waals surface area contributed by atoms with Crippen molar-refractivity contribution in [3.63, 3.8) is 0 Å². The van der Waals surface area contributed by atoms with Crippen molar-refractivity contribution in [1.29, 1.82) is 0 Å². The lowest BCUT2D eigenvalue weighted by Gasteiger charge is -2.33. The van der Waals surface area contributed by atoms with E-state index in [0.29, 0.717) is 12.0 Å². The fourth-order valence-corrected chi connectivity index (χ4v) is 2.69. The molecule has 0 fully saturated rings. The monoisotopic (exact) mass is 293 g/mol. The third-order valence-electron chi connectivity index (χ3n) is 4.06. The van der Waals surface area contributed by atoms with Gasteiger partial charge in [0.2, 0.25) is 0 Å². The van der Waals surface area contributed by atoms with Crippen LogP contribution in [-0.4, -0.2) is 11.9 Å². The fraction of sp³-hybridized carbons (Fsp3) is 0.211. The normalized spacial score (nSPS) is 19.5. The van der Waals surface area contributed by atoms with E-state index in [1.165, 1.54) is 0 Å². The van der Waals surface area contributed by atoms with Gasteiger partial charge >= 0.3 is 0 Å². The second-order valence-electron chi connectivity index (χ2n) is 5.46. The number of Topliss-reactive ketones (excluding diaryl/α,β-unsaturated/α-hetero) is 1. The number of ketones is 1. The van der Waals surface area contributed by atoms with Crippen molar-refractivity contribution in [1.82, 2.24) is 0 Å². The van der Waals surface area contributed by atoms with Crippen LogP contribution in [0.15, 0.2) is 60.7 Å². The van der Waals surface area contributed by atoms with Gasteiger partial charge in [0.15, 0.2) is 5.78 Å². The maximum absolute atomic E-state index is 12.6. The maximum Gasteiger partial charge on any atom is 0.196 e. The van der Waals surface area contributed by atoms with E-state index in [-0.39, 0.29) is 5.78 Å². The molecule has 0 aliphatic heterocycles. The molecule has 2 aromatic carbocycles. The topological polar surface area (TPSA) is 52.3 Å². The van der Waals surface area contributed by atoms with E-state index in [2.05, 4.69) is 0 Å². The highest BCUT2D eigenvalue weighted by molar-refractivity contribution is 6.06. The van der Waals surface area contributed by atoms with Crippen LogP contribution < -0.4 is 5.73 Å². The average molecular weight is 293 g/mol. The zero-order valence-corrected chi connectivity index (χ0v) is 12.5. The van der Waals surface area contributed by atoms with Gasteiger partial charge in [-0.05, 0) is 23.6 Å². The Kier molecular flexibility index (Phi) is 3.92. The Hall–Kier alpha value is -2.23. The van der Waals surface area contributed by atoms with Crippen LogP contribution >= 0.6 is 0 Å². The standard InChI is InChI=1S/C19H19NO2/c1-2-19(20,15-9-4-3-5-10-15)22-17-13-12-14-8-6-7-11-16(14)18(17)21/h3-13,17H,2,20H2,1H3. The molecule has 1 aliphatic rings. The van der Waals surface area contributed by atoms with Crippen LogP contribution in [0, 0.1) is 0 Å². The van der Waals surface area contributed by atoms with Gasteiger partial charge in [-0.1, -0.05) is 67.6 Å². The van der Waals surface area contributed by atoms with Gasteiger partial charge < -0.3 is 4.74 Å². The first-order valence-electron chi connectivity index (χ1n) is 7.48. The lowest BCUT2D eigenvalue weighted by Crippen LogP contribution is -2.44. The first-order chi connectivity index (χ1) is 10.6. The number of rotatable bonds is 4. The Bertz CT molecular complexity index is 708. The second-order valence-corrected chi connectivity index (χ2v) is 5.46. The molecule has 2 aromatic rings. The highest BCUT2D eigenvalue weighted by Gasteiger charge is 2.33. The van der Waals surface area contributed by atoms with Gasteiger partial charge in [0.25, 0.3) is 0 Å². The van der Waals surface area contributed by atoms with E-state index in [0.717, 1.165) is 11.1 Å². The van der Waals surface area contributed by atoms with E-state index < -0.39 is 11.8 Å². The molecule has 0 radical (unpaired) electrons. The van der Waals surface area contributed by atoms with Crippen molar-refractivity contribution in [3.05, 3.63) is 77.4 Å². The average Bonchev–Trinajstić information content (AvgIpc) is 2.58. The fourth-order valence-electron chi connectivity index (χ4n) is 2.69. The highest BCUT2D eigenvalue weighted by atomic mass is 16.5. The number of carbonyl (C=O) groups excluding carboxylic acids is 1. The summed E-state index contributed by atoms with van der Waals surface area (Å²) in [7, 11) is 0. The summed E-state index contributed by atoms with van der Waals surface area (Å²) < 4.78 is 6.02. The summed E-state index contributed by atoms with van der Waals surface area (Å²) >= 11 is 0. The highest BCUT2D eigenvalue weighted by Crippen LogP contribution is 2.29. The van der Waals surface area contributed by atoms with Crippen molar-refractivity contribution in [2.45, 2.75) is 25.2 Å². The Morgan fingerprint density at radius 2 is 1.77 bits per heavy atom. The van der Waals surface area contributed by atoms with Crippen LogP contribution in [0.4, 0.5) is 0 Å². The molecule has 3 heteroatoms. The minimum absolute atomic E-state index is 0.0442. The Morgan fingerprint density at radius 1 is 1.09 bits per heavy atom. The van der Waals surface area contributed by atoms with E-state index in [9.17, 15) is 4.79 Å². The maximum atomic E-state index is 12.6. The minimum Gasteiger partial charge on any atom is -0.341 e. The Morgan fingerprint density at radius 3 is 2.50 bits per heavy atom. The zero-order chi connectivity index (χ0) is 15.6. The number of nitrogens with two attached hydrogens (primary N) is 1. The summed E-state index contributed by atoms with van der Waals surface area (Å²) in [6, 6.07) is 17.1. The van der Waals surface area contributed by atoms with Crippen LogP contribution in [-0.2, 0) is 10.5 Å². The SMILES string of the molecule is CCC(N)(OC1C=Cc2ccccc2C1=O)c1ccccc1.